The summed E-state index contributed by atoms with van der Waals surface area (Å²) >= 11 is 0. The average Bonchev–Trinajstić information content (AvgIpc) is 2.83. The van der Waals surface area contributed by atoms with Gasteiger partial charge < -0.3 is 5.11 Å². The van der Waals surface area contributed by atoms with Crippen LogP contribution in [0, 0.1) is 11.8 Å². The number of tetrazole rings is 1. The van der Waals surface area contributed by atoms with Crippen LogP contribution in [0.2, 0.25) is 0 Å². The number of aromatic amines is 1. The highest BCUT2D eigenvalue weighted by molar-refractivity contribution is 5.68. The van der Waals surface area contributed by atoms with E-state index in [9.17, 15) is 4.79 Å². The fourth-order valence-electron chi connectivity index (χ4n) is 0.414. The molecule has 0 fully saturated rings. The van der Waals surface area contributed by atoms with Crippen LogP contribution in [0.25, 0.3) is 0 Å². The summed E-state index contributed by atoms with van der Waals surface area (Å²) in [6, 6.07) is 0. The SMILES string of the molecule is CC(C)C.CC(C)C(=O)O.CC(C)c1nn[nH]n1.CCC. The first-order valence-corrected chi connectivity index (χ1v) is 7.56. The topological polar surface area (TPSA) is 91.8 Å². The number of carbonyl (C=O) groups is 1. The number of carboxylic acids is 1. The average molecular weight is 302 g/mol. The molecule has 1 aromatic rings. The Balaban J connectivity index is -0.000000223. The van der Waals surface area contributed by atoms with Crippen LogP contribution in [0.3, 0.4) is 0 Å². The lowest BCUT2D eigenvalue weighted by atomic mass is 10.2. The van der Waals surface area contributed by atoms with E-state index in [1.54, 1.807) is 13.8 Å². The van der Waals surface area contributed by atoms with Gasteiger partial charge in [-0.1, -0.05) is 73.9 Å². The van der Waals surface area contributed by atoms with E-state index in [2.05, 4.69) is 55.2 Å². The second-order valence-electron chi connectivity index (χ2n) is 5.86. The number of nitrogens with zero attached hydrogens (tertiary/aromatic N) is 3. The third-order valence-electron chi connectivity index (χ3n) is 1.37. The molecule has 6 nitrogen and oxygen atoms in total. The fraction of sp³-hybridized carbons (Fsp3) is 0.867. The van der Waals surface area contributed by atoms with E-state index in [0.717, 1.165) is 11.7 Å². The summed E-state index contributed by atoms with van der Waals surface area (Å²) in [5, 5.41) is 21.3. The van der Waals surface area contributed by atoms with Gasteiger partial charge in [-0.25, -0.2) is 0 Å². The molecule has 1 heterocycles. The number of carboxylic acid groups (broad SMARTS) is 1. The maximum absolute atomic E-state index is 9.70. The predicted octanol–water partition coefficient (Wildman–Crippen LogP) is 4.13. The number of hydrogen-bond acceptors (Lipinski definition) is 4. The molecule has 0 aliphatic rings. The van der Waals surface area contributed by atoms with Gasteiger partial charge in [0, 0.05) is 5.92 Å². The molecule has 126 valence electrons. The number of nitrogens with one attached hydrogen (secondary N) is 1. The van der Waals surface area contributed by atoms with E-state index in [4.69, 9.17) is 5.11 Å². The molecule has 21 heavy (non-hydrogen) atoms. The van der Waals surface area contributed by atoms with Gasteiger partial charge in [0.2, 0.25) is 0 Å². The Bertz CT molecular complexity index is 307. The fourth-order valence-corrected chi connectivity index (χ4v) is 0.414. The van der Waals surface area contributed by atoms with Crippen LogP contribution < -0.4 is 0 Å². The van der Waals surface area contributed by atoms with Crippen molar-refractivity contribution < 1.29 is 9.90 Å². The van der Waals surface area contributed by atoms with Gasteiger partial charge in [0.1, 0.15) is 0 Å². The van der Waals surface area contributed by atoms with Gasteiger partial charge in [0.15, 0.2) is 5.82 Å². The normalized spacial score (nSPS) is 9.14. The molecule has 0 radical (unpaired) electrons. The summed E-state index contributed by atoms with van der Waals surface area (Å²) in [7, 11) is 0. The molecule has 1 aromatic heterocycles. The minimum atomic E-state index is -0.741. The van der Waals surface area contributed by atoms with Crippen LogP contribution in [0.15, 0.2) is 0 Å². The summed E-state index contributed by atoms with van der Waals surface area (Å²) in [6.45, 7) is 18.1. The Morgan fingerprint density at radius 3 is 1.52 bits per heavy atom. The molecule has 0 aliphatic heterocycles. The summed E-state index contributed by atoms with van der Waals surface area (Å²) in [4.78, 5) is 9.70. The van der Waals surface area contributed by atoms with Crippen LogP contribution in [0.4, 0.5) is 0 Å². The van der Waals surface area contributed by atoms with Crippen LogP contribution in [0.1, 0.15) is 80.5 Å². The Morgan fingerprint density at radius 2 is 1.43 bits per heavy atom. The van der Waals surface area contributed by atoms with Gasteiger partial charge in [0.25, 0.3) is 0 Å². The summed E-state index contributed by atoms with van der Waals surface area (Å²) in [5.41, 5.74) is 0. The number of hydrogen-bond donors (Lipinski definition) is 2. The highest BCUT2D eigenvalue weighted by Crippen LogP contribution is 2.03. The third kappa shape index (κ3) is 27.7. The van der Waals surface area contributed by atoms with Gasteiger partial charge in [-0.2, -0.15) is 5.21 Å². The van der Waals surface area contributed by atoms with Crippen LogP contribution in [-0.2, 0) is 4.79 Å². The zero-order chi connectivity index (χ0) is 17.4. The van der Waals surface area contributed by atoms with Crippen molar-refractivity contribution in [2.24, 2.45) is 11.8 Å². The molecule has 0 aromatic carbocycles. The van der Waals surface area contributed by atoms with Crippen LogP contribution >= 0.6 is 0 Å². The number of rotatable bonds is 2. The Hall–Kier alpha value is -1.46. The molecule has 6 heteroatoms. The van der Waals surface area contributed by atoms with Crippen molar-refractivity contribution in [3.05, 3.63) is 5.82 Å². The van der Waals surface area contributed by atoms with Gasteiger partial charge in [-0.15, -0.1) is 10.2 Å². The predicted molar refractivity (Wildman–Crippen MR) is 87.2 cm³/mol. The molecule has 0 unspecified atom stereocenters. The minimum Gasteiger partial charge on any atom is -0.481 e. The highest BCUT2D eigenvalue weighted by Gasteiger charge is 2.00. The smallest absolute Gasteiger partial charge is 0.305 e. The summed E-state index contributed by atoms with van der Waals surface area (Å²) < 4.78 is 0. The van der Waals surface area contributed by atoms with Crippen molar-refractivity contribution in [2.75, 3.05) is 0 Å². The number of aliphatic carboxylic acids is 1. The lowest BCUT2D eigenvalue weighted by molar-refractivity contribution is -0.140. The van der Waals surface area contributed by atoms with Gasteiger partial charge >= 0.3 is 5.97 Å². The molecule has 2 N–H and O–H groups in total. The van der Waals surface area contributed by atoms with Gasteiger partial charge in [-0.05, 0) is 5.92 Å². The van der Waals surface area contributed by atoms with Crippen molar-refractivity contribution >= 4 is 5.97 Å². The van der Waals surface area contributed by atoms with E-state index in [1.807, 2.05) is 13.8 Å². The van der Waals surface area contributed by atoms with E-state index in [1.165, 1.54) is 6.42 Å². The van der Waals surface area contributed by atoms with Crippen molar-refractivity contribution in [2.45, 2.75) is 74.7 Å². The van der Waals surface area contributed by atoms with E-state index >= 15 is 0 Å². The number of aromatic nitrogens is 4. The Kier molecular flexibility index (Phi) is 19.4. The Labute approximate surface area is 129 Å². The third-order valence-corrected chi connectivity index (χ3v) is 1.37. The van der Waals surface area contributed by atoms with Gasteiger partial charge in [0.05, 0.1) is 5.92 Å². The summed E-state index contributed by atoms with van der Waals surface area (Å²) in [5.74, 6) is 0.999. The van der Waals surface area contributed by atoms with Crippen LogP contribution in [0.5, 0.6) is 0 Å². The second-order valence-corrected chi connectivity index (χ2v) is 5.86. The van der Waals surface area contributed by atoms with E-state index in [-0.39, 0.29) is 5.92 Å². The monoisotopic (exact) mass is 302 g/mol. The standard InChI is InChI=1S/C4H8N4.C4H8O2.C4H10.C3H8/c1-3(2)4-5-7-8-6-4;1-3(2)4(5)6;1-4(2)3;1-3-2/h3H,1-2H3,(H,5,6,7,8);3H,1-2H3,(H,5,6);4H,1-3H3;3H2,1-2H3. The number of H-pyrrole nitrogens is 1. The second kappa shape index (κ2) is 16.6. The molecule has 0 atom stereocenters. The molecular formula is C15H34N4O2. The lowest BCUT2D eigenvalue weighted by Gasteiger charge is -1.90. The quantitative estimate of drug-likeness (QED) is 0.857. The largest absolute Gasteiger partial charge is 0.481 e. The minimum absolute atomic E-state index is 0.231. The van der Waals surface area contributed by atoms with Crippen molar-refractivity contribution in [3.63, 3.8) is 0 Å². The molecule has 0 saturated carbocycles. The summed E-state index contributed by atoms with van der Waals surface area (Å²) in [6.07, 6.45) is 1.25. The maximum atomic E-state index is 9.70. The first kappa shape index (κ1) is 24.6. The molecule has 0 bridgehead atoms. The van der Waals surface area contributed by atoms with Crippen molar-refractivity contribution in [1.82, 2.24) is 20.6 Å². The van der Waals surface area contributed by atoms with E-state index < -0.39 is 5.97 Å². The first-order valence-electron chi connectivity index (χ1n) is 7.56. The maximum Gasteiger partial charge on any atom is 0.305 e. The van der Waals surface area contributed by atoms with Crippen molar-refractivity contribution in [1.29, 1.82) is 0 Å². The lowest BCUT2D eigenvalue weighted by Crippen LogP contribution is -2.03. The van der Waals surface area contributed by atoms with Crippen molar-refractivity contribution in [3.8, 4) is 0 Å². The van der Waals surface area contributed by atoms with Crippen LogP contribution in [-0.4, -0.2) is 31.7 Å². The molecule has 0 saturated heterocycles. The zero-order valence-corrected chi connectivity index (χ0v) is 15.1. The van der Waals surface area contributed by atoms with Gasteiger partial charge in [-0.3, -0.25) is 4.79 Å². The molecule has 0 amide bonds. The molecular weight excluding hydrogens is 268 g/mol. The Morgan fingerprint density at radius 1 is 1.10 bits per heavy atom. The molecule has 0 aliphatic carbocycles. The highest BCUT2D eigenvalue weighted by atomic mass is 16.4. The zero-order valence-electron chi connectivity index (χ0n) is 15.1. The first-order chi connectivity index (χ1) is 9.59. The van der Waals surface area contributed by atoms with E-state index in [0.29, 0.717) is 5.92 Å². The molecule has 1 rings (SSSR count). The molecule has 0 spiro atoms.